The summed E-state index contributed by atoms with van der Waals surface area (Å²) in [5.74, 6) is 0.757. The summed E-state index contributed by atoms with van der Waals surface area (Å²) < 4.78 is 34.5. The Bertz CT molecular complexity index is 865. The normalized spacial score (nSPS) is 21.2. The maximum atomic E-state index is 12.3. The van der Waals surface area contributed by atoms with Crippen molar-refractivity contribution in [3.05, 3.63) is 58.3 Å². The van der Waals surface area contributed by atoms with E-state index in [-0.39, 0.29) is 16.5 Å². The molecule has 0 spiro atoms. The Morgan fingerprint density at radius 3 is 2.72 bits per heavy atom. The highest BCUT2D eigenvalue weighted by Gasteiger charge is 2.23. The monoisotopic (exact) mass is 360 g/mol. The number of oxime groups is 1. The fourth-order valence-corrected chi connectivity index (χ4v) is 3.25. The third-order valence-electron chi connectivity index (χ3n) is 3.91. The van der Waals surface area contributed by atoms with Gasteiger partial charge in [-0.3, -0.25) is 4.28 Å². The second kappa shape index (κ2) is 7.99. The van der Waals surface area contributed by atoms with E-state index >= 15 is 0 Å². The van der Waals surface area contributed by atoms with E-state index in [0.29, 0.717) is 18.4 Å². The number of methoxy groups -OCH3 is 1. The number of nitrogens with zero attached hydrogens (tertiary/aromatic N) is 2. The molecular formula is C18H20N2O4S. The van der Waals surface area contributed by atoms with Gasteiger partial charge in [-0.1, -0.05) is 42.0 Å². The molecule has 0 heterocycles. The molecular weight excluding hydrogens is 340 g/mol. The Hall–Kier alpha value is -2.59. The topological polar surface area (TPSA) is 88.8 Å². The molecule has 132 valence electrons. The maximum absolute atomic E-state index is 12.3. The first-order valence-corrected chi connectivity index (χ1v) is 9.20. The fraction of sp³-hybridized carbons (Fsp3) is 0.333. The third kappa shape index (κ3) is 4.70. The molecule has 2 aliphatic rings. The number of hydrogen-bond acceptors (Lipinski definition) is 6. The molecule has 0 amide bonds. The van der Waals surface area contributed by atoms with Gasteiger partial charge in [-0.05, 0) is 37.0 Å². The zero-order chi connectivity index (χ0) is 18.4. The van der Waals surface area contributed by atoms with E-state index in [1.54, 1.807) is 31.4 Å². The van der Waals surface area contributed by atoms with Gasteiger partial charge >= 0.3 is 10.1 Å². The average molecular weight is 360 g/mol. The summed E-state index contributed by atoms with van der Waals surface area (Å²) in [4.78, 5) is 0.0221. The number of allylic oxidation sites excluding steroid dienone is 9. The van der Waals surface area contributed by atoms with Gasteiger partial charge in [0.25, 0.3) is 0 Å². The van der Waals surface area contributed by atoms with Crippen molar-refractivity contribution in [3.8, 4) is 6.07 Å². The number of nitriles is 1. The van der Waals surface area contributed by atoms with Crippen LogP contribution in [0.15, 0.2) is 63.4 Å². The van der Waals surface area contributed by atoms with Crippen molar-refractivity contribution in [1.29, 1.82) is 5.26 Å². The molecule has 2 aliphatic carbocycles. The van der Waals surface area contributed by atoms with Gasteiger partial charge in [0, 0.05) is 6.42 Å². The van der Waals surface area contributed by atoms with E-state index in [4.69, 9.17) is 9.02 Å². The van der Waals surface area contributed by atoms with E-state index < -0.39 is 10.1 Å². The van der Waals surface area contributed by atoms with Crippen LogP contribution in [-0.4, -0.2) is 21.2 Å². The minimum absolute atomic E-state index is 0.0221. The predicted octanol–water partition coefficient (Wildman–Crippen LogP) is 3.50. The quantitative estimate of drug-likeness (QED) is 0.553. The summed E-state index contributed by atoms with van der Waals surface area (Å²) in [6, 6.07) is 1.90. The van der Waals surface area contributed by atoms with Crippen molar-refractivity contribution in [2.45, 2.75) is 26.7 Å². The molecule has 2 rings (SSSR count). The van der Waals surface area contributed by atoms with Crippen molar-refractivity contribution < 1.29 is 17.4 Å². The van der Waals surface area contributed by atoms with Crippen LogP contribution in [0.25, 0.3) is 0 Å². The largest absolute Gasteiger partial charge is 0.501 e. The summed E-state index contributed by atoms with van der Waals surface area (Å²) in [6.07, 6.45) is 11.1. The summed E-state index contributed by atoms with van der Waals surface area (Å²) in [6.45, 7) is 3.79. The van der Waals surface area contributed by atoms with E-state index in [2.05, 4.69) is 5.16 Å². The van der Waals surface area contributed by atoms with Crippen LogP contribution in [0, 0.1) is 17.2 Å². The Kier molecular flexibility index (Phi) is 5.99. The van der Waals surface area contributed by atoms with E-state index in [0.717, 1.165) is 11.3 Å². The van der Waals surface area contributed by atoms with Crippen molar-refractivity contribution in [2.75, 3.05) is 7.11 Å². The smallest absolute Gasteiger partial charge is 0.358 e. The Labute approximate surface area is 148 Å². The highest BCUT2D eigenvalue weighted by Crippen LogP contribution is 2.26. The molecule has 0 aliphatic heterocycles. The Morgan fingerprint density at radius 2 is 2.08 bits per heavy atom. The molecule has 0 saturated heterocycles. The molecule has 0 radical (unpaired) electrons. The molecule has 0 saturated carbocycles. The Balaban J connectivity index is 2.23. The van der Waals surface area contributed by atoms with Gasteiger partial charge in [-0.2, -0.15) is 13.7 Å². The third-order valence-corrected chi connectivity index (χ3v) is 5.06. The van der Waals surface area contributed by atoms with Gasteiger partial charge < -0.3 is 4.74 Å². The predicted molar refractivity (Wildman–Crippen MR) is 95.6 cm³/mol. The lowest BCUT2D eigenvalue weighted by Gasteiger charge is -2.19. The first-order valence-electron chi connectivity index (χ1n) is 7.79. The van der Waals surface area contributed by atoms with Crippen LogP contribution in [0.5, 0.6) is 0 Å². The second-order valence-corrected chi connectivity index (χ2v) is 7.30. The highest BCUT2D eigenvalue weighted by atomic mass is 32.2. The maximum Gasteiger partial charge on any atom is 0.358 e. The number of ether oxygens (including phenoxy) is 1. The van der Waals surface area contributed by atoms with Crippen molar-refractivity contribution >= 4 is 15.8 Å². The number of rotatable bonds is 5. The lowest BCUT2D eigenvalue weighted by Crippen LogP contribution is -2.15. The molecule has 0 bridgehead atoms. The zero-order valence-corrected chi connectivity index (χ0v) is 15.2. The highest BCUT2D eigenvalue weighted by molar-refractivity contribution is 7.90. The van der Waals surface area contributed by atoms with Gasteiger partial charge in [0.2, 0.25) is 0 Å². The lowest BCUT2D eigenvalue weighted by molar-refractivity contribution is 0.266. The van der Waals surface area contributed by atoms with Gasteiger partial charge in [0.05, 0.1) is 12.9 Å². The second-order valence-electron chi connectivity index (χ2n) is 5.77. The van der Waals surface area contributed by atoms with Crippen LogP contribution < -0.4 is 0 Å². The summed E-state index contributed by atoms with van der Waals surface area (Å²) in [7, 11) is -2.49. The van der Waals surface area contributed by atoms with Gasteiger partial charge in [-0.25, -0.2) is 0 Å². The SMILES string of the molecule is COC1=CC=C(/C(C#N)=N/OS(=O)(=O)C2=CCC=C(C)C=C2)[C@H](C)C1. The number of hydrogen-bond donors (Lipinski definition) is 0. The van der Waals surface area contributed by atoms with E-state index in [9.17, 15) is 13.7 Å². The average Bonchev–Trinajstić information content (AvgIpc) is 2.81. The lowest BCUT2D eigenvalue weighted by atomic mass is 9.89. The molecule has 7 heteroatoms. The van der Waals surface area contributed by atoms with Crippen LogP contribution in [0.1, 0.15) is 26.7 Å². The fourth-order valence-electron chi connectivity index (χ4n) is 2.45. The van der Waals surface area contributed by atoms with Crippen molar-refractivity contribution in [2.24, 2.45) is 11.1 Å². The van der Waals surface area contributed by atoms with E-state index in [1.165, 1.54) is 6.08 Å². The van der Waals surface area contributed by atoms with Gasteiger partial charge in [0.15, 0.2) is 5.71 Å². The van der Waals surface area contributed by atoms with Crippen molar-refractivity contribution in [3.63, 3.8) is 0 Å². The molecule has 6 nitrogen and oxygen atoms in total. The van der Waals surface area contributed by atoms with Crippen molar-refractivity contribution in [1.82, 2.24) is 0 Å². The summed E-state index contributed by atoms with van der Waals surface area (Å²) in [5, 5.41) is 12.9. The van der Waals surface area contributed by atoms with E-state index in [1.807, 2.05) is 26.0 Å². The first-order chi connectivity index (χ1) is 11.9. The molecule has 1 atom stereocenters. The van der Waals surface area contributed by atoms with Crippen LogP contribution in [0.4, 0.5) is 0 Å². The standard InChI is InChI=1S/C18H20N2O4S/c1-13-5-4-6-16(9-7-13)25(21,22)24-20-18(12-19)17-10-8-15(23-3)11-14(17)2/h5-10,14H,4,11H2,1-3H3/b20-18+/t14-/m1/s1. The first kappa shape index (κ1) is 18.7. The van der Waals surface area contributed by atoms with Crippen LogP contribution in [-0.2, 0) is 19.1 Å². The summed E-state index contributed by atoms with van der Waals surface area (Å²) >= 11 is 0. The molecule has 0 fully saturated rings. The van der Waals surface area contributed by atoms with Crippen LogP contribution >= 0.6 is 0 Å². The van der Waals surface area contributed by atoms with Gasteiger partial charge in [-0.15, -0.1) is 0 Å². The minimum atomic E-state index is -4.07. The van der Waals surface area contributed by atoms with Gasteiger partial charge in [0.1, 0.15) is 11.0 Å². The molecule has 0 aromatic carbocycles. The Morgan fingerprint density at radius 1 is 1.32 bits per heavy atom. The van der Waals surface area contributed by atoms with Crippen LogP contribution in [0.3, 0.4) is 0 Å². The molecule has 0 unspecified atom stereocenters. The summed E-state index contributed by atoms with van der Waals surface area (Å²) in [5.41, 5.74) is 1.51. The minimum Gasteiger partial charge on any atom is -0.501 e. The molecule has 0 aromatic rings. The van der Waals surface area contributed by atoms with Crippen LogP contribution in [0.2, 0.25) is 0 Å². The molecule has 25 heavy (non-hydrogen) atoms. The molecule has 0 N–H and O–H groups in total. The molecule has 0 aromatic heterocycles. The zero-order valence-electron chi connectivity index (χ0n) is 14.4.